The topological polar surface area (TPSA) is 69.6 Å². The average molecular weight is 260 g/mol. The summed E-state index contributed by atoms with van der Waals surface area (Å²) in [6.45, 7) is 2.46. The van der Waals surface area contributed by atoms with Gasteiger partial charge in [-0.05, 0) is 19.3 Å². The van der Waals surface area contributed by atoms with Crippen molar-refractivity contribution in [3.05, 3.63) is 0 Å². The highest BCUT2D eigenvalue weighted by molar-refractivity contribution is 7.85. The second-order valence-electron chi connectivity index (χ2n) is 4.81. The van der Waals surface area contributed by atoms with Crippen molar-refractivity contribution >= 4 is 16.8 Å². The largest absolute Gasteiger partial charge is 0.480 e. The van der Waals surface area contributed by atoms with Crippen molar-refractivity contribution in [3.8, 4) is 0 Å². The van der Waals surface area contributed by atoms with Crippen LogP contribution in [0.5, 0.6) is 0 Å². The maximum atomic E-state index is 11.2. The summed E-state index contributed by atoms with van der Waals surface area (Å²) in [5, 5.41) is 12.2. The Bertz CT molecular complexity index is 297. The third kappa shape index (κ3) is 4.37. The molecule has 0 bridgehead atoms. The van der Waals surface area contributed by atoms with Gasteiger partial charge in [0.05, 0.1) is 0 Å². The molecule has 1 saturated heterocycles. The number of carboxylic acid groups (broad SMARTS) is 1. The molecule has 2 rings (SSSR count). The fraction of sp³-hybridized carbons (Fsp3) is 0.909. The van der Waals surface area contributed by atoms with E-state index in [1.807, 2.05) is 0 Å². The molecule has 0 radical (unpaired) electrons. The van der Waals surface area contributed by atoms with Gasteiger partial charge in [-0.3, -0.25) is 9.00 Å². The minimum atomic E-state index is -0.752. The van der Waals surface area contributed by atoms with Crippen LogP contribution >= 0.6 is 0 Å². The van der Waals surface area contributed by atoms with Crippen molar-refractivity contribution in [2.45, 2.75) is 31.3 Å². The molecule has 5 nitrogen and oxygen atoms in total. The predicted octanol–water partition coefficient (Wildman–Crippen LogP) is -0.354. The minimum absolute atomic E-state index is 0.421. The van der Waals surface area contributed by atoms with E-state index in [2.05, 4.69) is 10.2 Å². The first-order chi connectivity index (χ1) is 8.15. The van der Waals surface area contributed by atoms with Gasteiger partial charge in [-0.25, -0.2) is 0 Å². The minimum Gasteiger partial charge on any atom is -0.480 e. The van der Waals surface area contributed by atoms with Gasteiger partial charge in [0.15, 0.2) is 0 Å². The highest BCUT2D eigenvalue weighted by atomic mass is 32.2. The van der Waals surface area contributed by atoms with Crippen LogP contribution in [0.15, 0.2) is 0 Å². The molecule has 0 spiro atoms. The summed E-state index contributed by atoms with van der Waals surface area (Å²) in [4.78, 5) is 13.3. The van der Waals surface area contributed by atoms with Crippen molar-refractivity contribution in [1.82, 2.24) is 10.2 Å². The maximum absolute atomic E-state index is 11.2. The molecule has 1 aliphatic carbocycles. The zero-order valence-electron chi connectivity index (χ0n) is 9.93. The number of nitrogens with one attached hydrogen (secondary N) is 1. The Kier molecular flexibility index (Phi) is 4.53. The third-order valence-electron chi connectivity index (χ3n) is 3.32. The zero-order chi connectivity index (χ0) is 12.3. The molecule has 0 aromatic carbocycles. The van der Waals surface area contributed by atoms with E-state index in [-0.39, 0.29) is 0 Å². The summed E-state index contributed by atoms with van der Waals surface area (Å²) in [5.41, 5.74) is 0. The first-order valence-corrected chi connectivity index (χ1v) is 7.70. The van der Waals surface area contributed by atoms with E-state index in [9.17, 15) is 9.00 Å². The molecule has 1 atom stereocenters. The number of carboxylic acids is 1. The number of carbonyl (C=O) groups is 1. The van der Waals surface area contributed by atoms with E-state index < -0.39 is 22.8 Å². The van der Waals surface area contributed by atoms with Crippen molar-refractivity contribution in [2.75, 3.05) is 31.1 Å². The normalized spacial score (nSPS) is 24.7. The van der Waals surface area contributed by atoms with Crippen molar-refractivity contribution in [2.24, 2.45) is 0 Å². The number of hydrogen-bond acceptors (Lipinski definition) is 4. The Morgan fingerprint density at radius 2 is 2.06 bits per heavy atom. The number of rotatable bonds is 6. The van der Waals surface area contributed by atoms with Gasteiger partial charge in [0.25, 0.3) is 0 Å². The molecule has 2 aliphatic rings. The van der Waals surface area contributed by atoms with Gasteiger partial charge < -0.3 is 15.3 Å². The lowest BCUT2D eigenvalue weighted by atomic mass is 10.2. The molecule has 6 heteroatoms. The van der Waals surface area contributed by atoms with Gasteiger partial charge >= 0.3 is 5.97 Å². The summed E-state index contributed by atoms with van der Waals surface area (Å²) < 4.78 is 11.2. The second kappa shape index (κ2) is 5.93. The highest BCUT2D eigenvalue weighted by Gasteiger charge is 2.28. The molecular formula is C11H20N2O3S. The Morgan fingerprint density at radius 1 is 1.41 bits per heavy atom. The van der Waals surface area contributed by atoms with Crippen LogP contribution in [0.3, 0.4) is 0 Å². The van der Waals surface area contributed by atoms with Gasteiger partial charge in [0.1, 0.15) is 6.04 Å². The number of aliphatic carboxylic acids is 1. The fourth-order valence-electron chi connectivity index (χ4n) is 2.02. The van der Waals surface area contributed by atoms with Crippen molar-refractivity contribution in [3.63, 3.8) is 0 Å². The van der Waals surface area contributed by atoms with Crippen LogP contribution in [-0.4, -0.2) is 63.4 Å². The van der Waals surface area contributed by atoms with Crippen molar-refractivity contribution < 1.29 is 14.1 Å². The molecular weight excluding hydrogens is 240 g/mol. The van der Waals surface area contributed by atoms with E-state index in [1.54, 1.807) is 0 Å². The molecule has 1 saturated carbocycles. The summed E-state index contributed by atoms with van der Waals surface area (Å²) in [6, 6.07) is -0.000108. The monoisotopic (exact) mass is 260 g/mol. The SMILES string of the molecule is O=C(O)C(CCN1CCS(=O)CC1)NC1CC1. The van der Waals surface area contributed by atoms with E-state index in [0.29, 0.717) is 12.5 Å². The second-order valence-corrected chi connectivity index (χ2v) is 6.51. The molecule has 1 aliphatic heterocycles. The Balaban J connectivity index is 1.70. The maximum Gasteiger partial charge on any atom is 0.320 e. The van der Waals surface area contributed by atoms with E-state index in [4.69, 9.17) is 5.11 Å². The molecule has 2 fully saturated rings. The average Bonchev–Trinajstić information content (AvgIpc) is 3.10. The lowest BCUT2D eigenvalue weighted by molar-refractivity contribution is -0.139. The van der Waals surface area contributed by atoms with Gasteiger partial charge in [0, 0.05) is 48.0 Å². The summed E-state index contributed by atoms with van der Waals surface area (Å²) >= 11 is 0. The van der Waals surface area contributed by atoms with Gasteiger partial charge in [0.2, 0.25) is 0 Å². The summed E-state index contributed by atoms with van der Waals surface area (Å²) in [6.07, 6.45) is 2.84. The van der Waals surface area contributed by atoms with E-state index in [0.717, 1.165) is 44.0 Å². The van der Waals surface area contributed by atoms with Crippen LogP contribution < -0.4 is 5.32 Å². The Morgan fingerprint density at radius 3 is 2.59 bits per heavy atom. The van der Waals surface area contributed by atoms with Gasteiger partial charge in [-0.2, -0.15) is 0 Å². The lowest BCUT2D eigenvalue weighted by Gasteiger charge is -2.27. The smallest absolute Gasteiger partial charge is 0.320 e. The van der Waals surface area contributed by atoms with Crippen LogP contribution in [0.1, 0.15) is 19.3 Å². The zero-order valence-corrected chi connectivity index (χ0v) is 10.7. The molecule has 0 aromatic heterocycles. The summed E-state index contributed by atoms with van der Waals surface area (Å²) in [5.74, 6) is 0.708. The first kappa shape index (κ1) is 13.0. The first-order valence-electron chi connectivity index (χ1n) is 6.21. The highest BCUT2D eigenvalue weighted by Crippen LogP contribution is 2.20. The molecule has 98 valence electrons. The van der Waals surface area contributed by atoms with E-state index in [1.165, 1.54) is 0 Å². The van der Waals surface area contributed by atoms with Crippen LogP contribution in [0.4, 0.5) is 0 Å². The van der Waals surface area contributed by atoms with Gasteiger partial charge in [-0.1, -0.05) is 0 Å². The number of nitrogens with zero attached hydrogens (tertiary/aromatic N) is 1. The molecule has 1 unspecified atom stereocenters. The quantitative estimate of drug-likeness (QED) is 0.683. The molecule has 1 heterocycles. The van der Waals surface area contributed by atoms with Crippen LogP contribution in [-0.2, 0) is 15.6 Å². The molecule has 17 heavy (non-hydrogen) atoms. The standard InChI is InChI=1S/C11H20N2O3S/c14-11(15)10(12-9-1-2-9)3-4-13-5-7-17(16)8-6-13/h9-10,12H,1-8H2,(H,14,15). The third-order valence-corrected chi connectivity index (χ3v) is 4.59. The fourth-order valence-corrected chi connectivity index (χ4v) is 3.15. The number of hydrogen-bond donors (Lipinski definition) is 2. The van der Waals surface area contributed by atoms with E-state index >= 15 is 0 Å². The van der Waals surface area contributed by atoms with Crippen LogP contribution in [0.2, 0.25) is 0 Å². The summed E-state index contributed by atoms with van der Waals surface area (Å²) in [7, 11) is -0.657. The van der Waals surface area contributed by atoms with Gasteiger partial charge in [-0.15, -0.1) is 0 Å². The molecule has 0 amide bonds. The van der Waals surface area contributed by atoms with Crippen LogP contribution in [0, 0.1) is 0 Å². The molecule has 2 N–H and O–H groups in total. The predicted molar refractivity (Wildman–Crippen MR) is 66.5 cm³/mol. The van der Waals surface area contributed by atoms with Crippen LogP contribution in [0.25, 0.3) is 0 Å². The van der Waals surface area contributed by atoms with Crippen molar-refractivity contribution in [1.29, 1.82) is 0 Å². The Labute approximate surface area is 104 Å². The Hall–Kier alpha value is -0.460. The lowest BCUT2D eigenvalue weighted by Crippen LogP contribution is -2.44. The molecule has 0 aromatic rings.